The van der Waals surface area contributed by atoms with E-state index in [1.807, 2.05) is 12.1 Å². The maximum atomic E-state index is 10.9. The van der Waals surface area contributed by atoms with E-state index in [1.165, 1.54) is 41.5 Å². The number of aliphatic hydroxyl groups is 1. The number of fused-ring (bicyclic) bond motifs is 4. The van der Waals surface area contributed by atoms with Crippen LogP contribution in [0, 0.1) is 5.92 Å². The Kier molecular flexibility index (Phi) is 3.39. The number of hydrogen-bond acceptors (Lipinski definition) is 2. The summed E-state index contributed by atoms with van der Waals surface area (Å²) in [4.78, 5) is 2.48. The molecule has 2 aliphatic carbocycles. The molecule has 4 aliphatic rings. The first-order valence-corrected chi connectivity index (χ1v) is 9.48. The maximum Gasteiger partial charge on any atom is 0.0632 e. The zero-order valence-electron chi connectivity index (χ0n) is 13.7. The van der Waals surface area contributed by atoms with Crippen LogP contribution < -0.4 is 0 Å². The Morgan fingerprint density at radius 2 is 2.04 bits per heavy atom. The molecule has 3 heteroatoms. The molecule has 124 valence electrons. The van der Waals surface area contributed by atoms with Gasteiger partial charge in [-0.2, -0.15) is 0 Å². The standard InChI is InChI=1S/C21H22ClNO/c22-16-5-3-4-13-7-8-14-9-10-18(24)21-17-6-1-2-11-23(17)12-15(19(13)16)20(14)21/h3-5,7-8,12,17-18,21,24H,1-2,6,9-11H2. The SMILES string of the molecule is OC1CCC2=C3C(=CN4CCCCC4C31)c1c(Cl)cccc1C=C2. The van der Waals surface area contributed by atoms with Crippen molar-refractivity contribution in [3.05, 3.63) is 57.8 Å². The third-order valence-electron chi connectivity index (χ3n) is 6.17. The zero-order chi connectivity index (χ0) is 16.3. The van der Waals surface area contributed by atoms with Gasteiger partial charge in [0.05, 0.1) is 6.10 Å². The molecule has 3 unspecified atom stereocenters. The van der Waals surface area contributed by atoms with Crippen molar-refractivity contribution in [3.8, 4) is 0 Å². The topological polar surface area (TPSA) is 23.5 Å². The molecule has 0 amide bonds. The Labute approximate surface area is 148 Å². The molecule has 0 aromatic heterocycles. The molecule has 1 saturated heterocycles. The summed E-state index contributed by atoms with van der Waals surface area (Å²) in [6, 6.07) is 6.59. The van der Waals surface area contributed by atoms with E-state index < -0.39 is 0 Å². The molecular weight excluding hydrogens is 318 g/mol. The largest absolute Gasteiger partial charge is 0.392 e. The van der Waals surface area contributed by atoms with Gasteiger partial charge in [-0.25, -0.2) is 0 Å². The summed E-state index contributed by atoms with van der Waals surface area (Å²) >= 11 is 6.62. The summed E-state index contributed by atoms with van der Waals surface area (Å²) < 4.78 is 0. The van der Waals surface area contributed by atoms with E-state index in [1.54, 1.807) is 0 Å². The number of aliphatic hydroxyl groups excluding tert-OH is 1. The molecule has 1 aromatic carbocycles. The van der Waals surface area contributed by atoms with E-state index in [0.717, 1.165) is 30.0 Å². The van der Waals surface area contributed by atoms with Gasteiger partial charge in [-0.1, -0.05) is 35.9 Å². The van der Waals surface area contributed by atoms with Gasteiger partial charge in [0.15, 0.2) is 0 Å². The second kappa shape index (κ2) is 5.50. The average molecular weight is 340 g/mol. The van der Waals surface area contributed by atoms with E-state index in [0.29, 0.717) is 6.04 Å². The van der Waals surface area contributed by atoms with Crippen LogP contribution >= 0.6 is 11.6 Å². The lowest BCUT2D eigenvalue weighted by atomic mass is 9.69. The van der Waals surface area contributed by atoms with Gasteiger partial charge >= 0.3 is 0 Å². The number of hydrogen-bond donors (Lipinski definition) is 1. The highest BCUT2D eigenvalue weighted by Crippen LogP contribution is 2.50. The molecule has 24 heavy (non-hydrogen) atoms. The van der Waals surface area contributed by atoms with Crippen LogP contribution in [0.1, 0.15) is 43.2 Å². The molecule has 0 bridgehead atoms. The van der Waals surface area contributed by atoms with E-state index in [2.05, 4.69) is 29.3 Å². The molecule has 0 radical (unpaired) electrons. The molecule has 0 spiro atoms. The van der Waals surface area contributed by atoms with Gasteiger partial charge in [-0.15, -0.1) is 0 Å². The number of nitrogens with zero attached hydrogens (tertiary/aromatic N) is 1. The summed E-state index contributed by atoms with van der Waals surface area (Å²) in [5, 5.41) is 11.7. The molecule has 1 N–H and O–H groups in total. The fourth-order valence-electron chi connectivity index (χ4n) is 5.11. The van der Waals surface area contributed by atoms with Crippen molar-refractivity contribution in [1.29, 1.82) is 0 Å². The molecule has 2 nitrogen and oxygen atoms in total. The molecule has 1 fully saturated rings. The third-order valence-corrected chi connectivity index (χ3v) is 6.49. The quantitative estimate of drug-likeness (QED) is 0.744. The Morgan fingerprint density at radius 1 is 1.12 bits per heavy atom. The molecule has 5 rings (SSSR count). The summed E-state index contributed by atoms with van der Waals surface area (Å²) in [5.41, 5.74) is 6.34. The number of allylic oxidation sites excluding steroid dienone is 3. The highest BCUT2D eigenvalue weighted by molar-refractivity contribution is 6.33. The predicted octanol–water partition coefficient (Wildman–Crippen LogP) is 4.64. The Hall–Kier alpha value is -1.51. The first kappa shape index (κ1) is 14.8. The number of rotatable bonds is 0. The minimum absolute atomic E-state index is 0.223. The lowest BCUT2D eigenvalue weighted by Crippen LogP contribution is -2.50. The first-order valence-electron chi connectivity index (χ1n) is 9.10. The van der Waals surface area contributed by atoms with Crippen LogP contribution in [0.15, 0.2) is 41.6 Å². The third kappa shape index (κ3) is 2.06. The predicted molar refractivity (Wildman–Crippen MR) is 98.6 cm³/mol. The summed E-state index contributed by atoms with van der Waals surface area (Å²) in [6.45, 7) is 1.09. The molecular formula is C21H22ClNO. The summed E-state index contributed by atoms with van der Waals surface area (Å²) in [5.74, 6) is 0.223. The second-order valence-corrected chi connectivity index (χ2v) is 7.86. The van der Waals surface area contributed by atoms with E-state index >= 15 is 0 Å². The van der Waals surface area contributed by atoms with Crippen LogP contribution in [0.2, 0.25) is 5.02 Å². The number of benzene rings is 1. The molecule has 1 aromatic rings. The second-order valence-electron chi connectivity index (χ2n) is 7.45. The minimum Gasteiger partial charge on any atom is -0.392 e. The van der Waals surface area contributed by atoms with Crippen molar-refractivity contribution in [2.45, 2.75) is 44.2 Å². The molecule has 2 aliphatic heterocycles. The average Bonchev–Trinajstić information content (AvgIpc) is 2.76. The normalized spacial score (nSPS) is 31.0. The lowest BCUT2D eigenvalue weighted by Gasteiger charge is -2.49. The van der Waals surface area contributed by atoms with Crippen molar-refractivity contribution in [3.63, 3.8) is 0 Å². The van der Waals surface area contributed by atoms with Gasteiger partial charge in [0.1, 0.15) is 0 Å². The van der Waals surface area contributed by atoms with Crippen molar-refractivity contribution in [2.75, 3.05) is 6.54 Å². The van der Waals surface area contributed by atoms with Crippen LogP contribution in [0.3, 0.4) is 0 Å². The highest BCUT2D eigenvalue weighted by atomic mass is 35.5. The number of piperidine rings is 1. The first-order chi connectivity index (χ1) is 11.7. The van der Waals surface area contributed by atoms with E-state index in [-0.39, 0.29) is 12.0 Å². The molecule has 3 atom stereocenters. The van der Waals surface area contributed by atoms with Gasteiger partial charge in [0.25, 0.3) is 0 Å². The van der Waals surface area contributed by atoms with Gasteiger partial charge in [-0.3, -0.25) is 0 Å². The van der Waals surface area contributed by atoms with Crippen LogP contribution in [-0.4, -0.2) is 28.7 Å². The molecule has 0 saturated carbocycles. The lowest BCUT2D eigenvalue weighted by molar-refractivity contribution is 0.0434. The van der Waals surface area contributed by atoms with E-state index in [9.17, 15) is 5.11 Å². The molecule has 2 heterocycles. The van der Waals surface area contributed by atoms with Gasteiger partial charge in [0.2, 0.25) is 0 Å². The Bertz CT molecular complexity index is 791. The van der Waals surface area contributed by atoms with Crippen molar-refractivity contribution in [2.24, 2.45) is 5.92 Å². The minimum atomic E-state index is -0.240. The van der Waals surface area contributed by atoms with Gasteiger partial charge in [-0.05, 0) is 54.9 Å². The monoisotopic (exact) mass is 339 g/mol. The summed E-state index contributed by atoms with van der Waals surface area (Å²) in [7, 11) is 0. The summed E-state index contributed by atoms with van der Waals surface area (Å²) in [6.07, 6.45) is 12.1. The maximum absolute atomic E-state index is 10.9. The smallest absolute Gasteiger partial charge is 0.0632 e. The van der Waals surface area contributed by atoms with Crippen molar-refractivity contribution >= 4 is 23.3 Å². The fourth-order valence-corrected chi connectivity index (χ4v) is 5.40. The van der Waals surface area contributed by atoms with Crippen LogP contribution in [0.4, 0.5) is 0 Å². The van der Waals surface area contributed by atoms with E-state index in [4.69, 9.17) is 11.6 Å². The Balaban J connectivity index is 1.79. The van der Waals surface area contributed by atoms with Crippen molar-refractivity contribution < 1.29 is 5.11 Å². The number of halogens is 1. The van der Waals surface area contributed by atoms with Crippen molar-refractivity contribution in [1.82, 2.24) is 4.90 Å². The van der Waals surface area contributed by atoms with Gasteiger partial charge in [0, 0.05) is 40.9 Å². The Morgan fingerprint density at radius 3 is 2.96 bits per heavy atom. The fraction of sp³-hybridized carbons (Fsp3) is 0.429. The van der Waals surface area contributed by atoms with Crippen LogP contribution in [-0.2, 0) is 0 Å². The zero-order valence-corrected chi connectivity index (χ0v) is 14.5. The highest BCUT2D eigenvalue weighted by Gasteiger charge is 2.44. The van der Waals surface area contributed by atoms with Crippen LogP contribution in [0.5, 0.6) is 0 Å². The van der Waals surface area contributed by atoms with Crippen LogP contribution in [0.25, 0.3) is 11.6 Å². The van der Waals surface area contributed by atoms with Gasteiger partial charge < -0.3 is 10.0 Å².